The fourth-order valence-corrected chi connectivity index (χ4v) is 4.36. The number of thioether (sulfide) groups is 1. The van der Waals surface area contributed by atoms with E-state index in [4.69, 9.17) is 16.3 Å². The van der Waals surface area contributed by atoms with Gasteiger partial charge in [0.05, 0.1) is 11.4 Å². The number of rotatable bonds is 7. The molecule has 0 radical (unpaired) electrons. The Morgan fingerprint density at radius 2 is 1.72 bits per heavy atom. The van der Waals surface area contributed by atoms with Gasteiger partial charge in [-0.25, -0.2) is 18.5 Å². The van der Waals surface area contributed by atoms with Gasteiger partial charge in [0.15, 0.2) is 0 Å². The van der Waals surface area contributed by atoms with Crippen molar-refractivity contribution >= 4 is 27.6 Å². The highest BCUT2D eigenvalue weighted by Crippen LogP contribution is 2.25. The third kappa shape index (κ3) is 4.93. The fourth-order valence-electron chi connectivity index (χ4n) is 3.26. The zero-order valence-corrected chi connectivity index (χ0v) is 19.6. The maximum Gasteiger partial charge on any atom is 0.266 e. The van der Waals surface area contributed by atoms with E-state index in [0.717, 1.165) is 11.1 Å². The molecule has 0 aliphatic heterocycles. The number of sulfonamides is 1. The van der Waals surface area contributed by atoms with Crippen molar-refractivity contribution in [2.75, 3.05) is 6.26 Å². The quantitative estimate of drug-likeness (QED) is 0.209. The number of nitrogen functional groups attached to an aromatic ring is 1. The van der Waals surface area contributed by atoms with E-state index in [2.05, 4.69) is 18.8 Å². The largest absolute Gasteiger partial charge is 0.383 e. The smallest absolute Gasteiger partial charge is 0.266 e. The first kappa shape index (κ1) is 23.7. The number of hydrogen-bond acceptors (Lipinski definition) is 6. The maximum absolute atomic E-state index is 13.4. The lowest BCUT2D eigenvalue weighted by Crippen LogP contribution is -2.33. The van der Waals surface area contributed by atoms with Crippen molar-refractivity contribution in [2.24, 2.45) is 10.9 Å². The van der Waals surface area contributed by atoms with Crippen LogP contribution in [0.25, 0.3) is 11.4 Å². The molecule has 32 heavy (non-hydrogen) atoms. The first-order valence-corrected chi connectivity index (χ1v) is 12.5. The van der Waals surface area contributed by atoms with Crippen molar-refractivity contribution in [2.45, 2.75) is 36.2 Å². The molecule has 0 saturated heterocycles. The summed E-state index contributed by atoms with van der Waals surface area (Å²) < 4.78 is 24.5. The van der Waals surface area contributed by atoms with Crippen molar-refractivity contribution < 1.29 is 8.42 Å². The molecule has 2 aromatic carbocycles. The summed E-state index contributed by atoms with van der Waals surface area (Å²) in [5.74, 6) is 0.445. The number of benzene rings is 2. The van der Waals surface area contributed by atoms with Crippen LogP contribution in [0.3, 0.4) is 0 Å². The molecule has 0 saturated carbocycles. The zero-order chi connectivity index (χ0) is 23.6. The first-order chi connectivity index (χ1) is 15.0. The van der Waals surface area contributed by atoms with Crippen molar-refractivity contribution in [3.63, 3.8) is 0 Å². The summed E-state index contributed by atoms with van der Waals surface area (Å²) in [5.41, 5.74) is 7.89. The Labute approximate surface area is 191 Å². The summed E-state index contributed by atoms with van der Waals surface area (Å²) in [4.78, 5) is 18.0. The summed E-state index contributed by atoms with van der Waals surface area (Å²) in [6, 6.07) is 13.8. The Balaban J connectivity index is 2.19. The summed E-state index contributed by atoms with van der Waals surface area (Å²) in [7, 11) is -3.82. The van der Waals surface area contributed by atoms with Gasteiger partial charge in [-0.1, -0.05) is 50.2 Å². The molecule has 0 aliphatic rings. The van der Waals surface area contributed by atoms with Gasteiger partial charge in [0, 0.05) is 5.56 Å². The molecule has 0 unspecified atom stereocenters. The Kier molecular flexibility index (Phi) is 6.87. The molecule has 10 heteroatoms. The minimum Gasteiger partial charge on any atom is -0.383 e. The summed E-state index contributed by atoms with van der Waals surface area (Å²) >= 11 is 1.25. The van der Waals surface area contributed by atoms with E-state index in [-0.39, 0.29) is 22.8 Å². The molecule has 0 spiro atoms. The van der Waals surface area contributed by atoms with Crippen LogP contribution in [-0.4, -0.2) is 30.1 Å². The highest BCUT2D eigenvalue weighted by molar-refractivity contribution is 7.98. The monoisotopic (exact) mass is 471 g/mol. The standard InChI is InChI=1S/C22H25N5O3S2/c1-13(2)15-6-8-16(9-7-15)20-26-21(31-3)18(19(23)24)22(28)27(20)12-14-4-10-17(11-5-14)32(25,29)30/h4-11,13H,12H2,1-3H3,(H3,23,24)(H2,25,29,30). The second-order valence-electron chi connectivity index (χ2n) is 7.59. The van der Waals surface area contributed by atoms with Crippen molar-refractivity contribution in [3.05, 3.63) is 75.6 Å². The molecule has 1 aromatic heterocycles. The van der Waals surface area contributed by atoms with Gasteiger partial charge in [-0.3, -0.25) is 14.8 Å². The predicted octanol–water partition coefficient (Wildman–Crippen LogP) is 2.74. The Hall–Kier alpha value is -2.95. The fraction of sp³-hybridized carbons (Fsp3) is 0.227. The van der Waals surface area contributed by atoms with E-state index in [1.807, 2.05) is 24.3 Å². The summed E-state index contributed by atoms with van der Waals surface area (Å²) in [6.07, 6.45) is 1.77. The van der Waals surface area contributed by atoms with Crippen LogP contribution in [0.5, 0.6) is 0 Å². The molecule has 3 aromatic rings. The summed E-state index contributed by atoms with van der Waals surface area (Å²) in [6.45, 7) is 4.32. The van der Waals surface area contributed by atoms with Crippen LogP contribution < -0.4 is 16.4 Å². The van der Waals surface area contributed by atoms with Gasteiger partial charge in [-0.2, -0.15) is 0 Å². The number of nitrogens with one attached hydrogen (secondary N) is 1. The number of amidine groups is 1. The number of aromatic nitrogens is 2. The van der Waals surface area contributed by atoms with Crippen LogP contribution in [0, 0.1) is 5.41 Å². The van der Waals surface area contributed by atoms with Gasteiger partial charge in [-0.05, 0) is 35.4 Å². The molecule has 0 bridgehead atoms. The van der Waals surface area contributed by atoms with E-state index in [9.17, 15) is 13.2 Å². The number of nitrogens with zero attached hydrogens (tertiary/aromatic N) is 2. The number of hydrogen-bond donors (Lipinski definition) is 3. The SMILES string of the molecule is CSc1nc(-c2ccc(C(C)C)cc2)n(Cc2ccc(S(N)(=O)=O)cc2)c(=O)c1C(=N)N. The van der Waals surface area contributed by atoms with E-state index in [0.29, 0.717) is 22.3 Å². The highest BCUT2D eigenvalue weighted by Gasteiger charge is 2.20. The van der Waals surface area contributed by atoms with Crippen LogP contribution in [0.4, 0.5) is 0 Å². The van der Waals surface area contributed by atoms with E-state index in [1.165, 1.54) is 28.5 Å². The molecule has 1 heterocycles. The average molecular weight is 472 g/mol. The lowest BCUT2D eigenvalue weighted by atomic mass is 10.0. The van der Waals surface area contributed by atoms with Crippen molar-refractivity contribution in [1.29, 1.82) is 5.41 Å². The van der Waals surface area contributed by atoms with Crippen LogP contribution in [0.2, 0.25) is 0 Å². The third-order valence-electron chi connectivity index (χ3n) is 5.03. The van der Waals surface area contributed by atoms with Crippen LogP contribution in [-0.2, 0) is 16.6 Å². The van der Waals surface area contributed by atoms with Gasteiger partial charge in [0.25, 0.3) is 5.56 Å². The lowest BCUT2D eigenvalue weighted by Gasteiger charge is -2.17. The molecular formula is C22H25N5O3S2. The van der Waals surface area contributed by atoms with Gasteiger partial charge >= 0.3 is 0 Å². The van der Waals surface area contributed by atoms with Crippen molar-refractivity contribution in [1.82, 2.24) is 9.55 Å². The molecular weight excluding hydrogens is 446 g/mol. The van der Waals surface area contributed by atoms with Crippen LogP contribution in [0.1, 0.15) is 36.5 Å². The molecule has 3 rings (SSSR count). The molecule has 5 N–H and O–H groups in total. The Morgan fingerprint density at radius 1 is 1.12 bits per heavy atom. The van der Waals surface area contributed by atoms with Gasteiger partial charge < -0.3 is 5.73 Å². The topological polar surface area (TPSA) is 145 Å². The number of nitrogens with two attached hydrogens (primary N) is 2. The molecule has 0 aliphatic carbocycles. The van der Waals surface area contributed by atoms with Gasteiger partial charge in [-0.15, -0.1) is 11.8 Å². The molecule has 8 nitrogen and oxygen atoms in total. The summed E-state index contributed by atoms with van der Waals surface area (Å²) in [5, 5.41) is 13.4. The molecule has 0 fully saturated rings. The zero-order valence-electron chi connectivity index (χ0n) is 18.0. The second kappa shape index (κ2) is 9.27. The highest BCUT2D eigenvalue weighted by atomic mass is 32.2. The first-order valence-electron chi connectivity index (χ1n) is 9.78. The number of primary sulfonamides is 1. The Bertz CT molecular complexity index is 1310. The van der Waals surface area contributed by atoms with Crippen molar-refractivity contribution in [3.8, 4) is 11.4 Å². The van der Waals surface area contributed by atoms with E-state index >= 15 is 0 Å². The third-order valence-corrected chi connectivity index (χ3v) is 6.64. The minimum atomic E-state index is -3.82. The molecule has 168 valence electrons. The van der Waals surface area contributed by atoms with Gasteiger partial charge in [0.1, 0.15) is 22.2 Å². The normalized spacial score (nSPS) is 11.7. The van der Waals surface area contributed by atoms with E-state index < -0.39 is 15.6 Å². The van der Waals surface area contributed by atoms with Crippen LogP contribution >= 0.6 is 11.8 Å². The van der Waals surface area contributed by atoms with Crippen LogP contribution in [0.15, 0.2) is 63.2 Å². The molecule has 0 atom stereocenters. The minimum absolute atomic E-state index is 0.0154. The lowest BCUT2D eigenvalue weighted by molar-refractivity contribution is 0.597. The van der Waals surface area contributed by atoms with Gasteiger partial charge in [0.2, 0.25) is 10.0 Å². The average Bonchev–Trinajstić information content (AvgIpc) is 2.74. The maximum atomic E-state index is 13.4. The van der Waals surface area contributed by atoms with E-state index in [1.54, 1.807) is 18.4 Å². The molecule has 0 amide bonds. The Morgan fingerprint density at radius 3 is 2.19 bits per heavy atom. The predicted molar refractivity (Wildman–Crippen MR) is 128 cm³/mol. The second-order valence-corrected chi connectivity index (χ2v) is 9.95.